The molecule has 2 aliphatic rings. The summed E-state index contributed by atoms with van der Waals surface area (Å²) in [5, 5.41) is 31.1. The number of rotatable bonds is 0. The van der Waals surface area contributed by atoms with Gasteiger partial charge in [-0.2, -0.15) is 10.2 Å². The van der Waals surface area contributed by atoms with Crippen LogP contribution in [-0.2, 0) is 0 Å². The molecular formula is C71H91N15O2S2. The molecule has 0 saturated heterocycles. The number of nitrogens with zero attached hydrogens (tertiary/aromatic N) is 15. The first kappa shape index (κ1) is 75.2. The summed E-state index contributed by atoms with van der Waals surface area (Å²) in [6, 6.07) is 27.9. The molecule has 0 saturated carbocycles. The zero-order chi connectivity index (χ0) is 66.7. The Bertz CT molecular complexity index is 3560. The van der Waals surface area contributed by atoms with Gasteiger partial charge in [-0.25, -0.2) is 29.9 Å². The summed E-state index contributed by atoms with van der Waals surface area (Å²) in [4.78, 5) is 37.2. The van der Waals surface area contributed by atoms with E-state index in [0.29, 0.717) is 11.8 Å². The van der Waals surface area contributed by atoms with Crippen molar-refractivity contribution in [2.24, 2.45) is 15.2 Å². The van der Waals surface area contributed by atoms with Gasteiger partial charge >= 0.3 is 0 Å². The summed E-state index contributed by atoms with van der Waals surface area (Å²) in [6.45, 7) is 43.4. The van der Waals surface area contributed by atoms with E-state index in [9.17, 15) is 0 Å². The van der Waals surface area contributed by atoms with Crippen molar-refractivity contribution in [3.63, 3.8) is 0 Å². The predicted molar refractivity (Wildman–Crippen MR) is 374 cm³/mol. The quantitative estimate of drug-likeness (QED) is 0.138. The standard InChI is InChI=1S/2C12H12.3C6H8N2.C6H9N.C5H8N2.C5H7NO.C5H7NS.C4H6N2O.C4H6N2S/c1-9-3-5-12-8-10(2)4-6-11(12)7-9;1-9-5-3-8-12-10(2)6-4-7-11(9)12;1-5-3-7-4-6(2)8-5;1-5-3-7-6(2)8-4-5;1-5-3-4-7-6(2)8-5;1-5-3-6(2)7-4-5;1-4-3-5(2)7-6-4;2*1-4-3-6-5(2)7-4;2*1-3-5-6-4(2)7-3/h2*3-8H,1-2H3;3*3-4H,1-2H3;4H,3H2,1-2H3;3H2,1-2H3;2*3H,1-2H3;2*1-2H3. The maximum absolute atomic E-state index is 4.97. The average molecular weight is 1250 g/mol. The van der Waals surface area contributed by atoms with Crippen molar-refractivity contribution < 1.29 is 8.83 Å². The first-order chi connectivity index (χ1) is 42.6. The molecule has 0 fully saturated rings. The Kier molecular flexibility index (Phi) is 33.8. The van der Waals surface area contributed by atoms with Crippen molar-refractivity contribution in [2.75, 3.05) is 0 Å². The van der Waals surface area contributed by atoms with Crippen LogP contribution >= 0.6 is 22.7 Å². The van der Waals surface area contributed by atoms with Crippen molar-refractivity contribution in [1.82, 2.24) is 60.3 Å². The molecule has 0 radical (unpaired) electrons. The number of aromatic nitrogens is 12. The number of oxazole rings is 1. The summed E-state index contributed by atoms with van der Waals surface area (Å²) in [5.74, 6) is 4.52. The second kappa shape index (κ2) is 40.5. The van der Waals surface area contributed by atoms with Crippen molar-refractivity contribution in [3.8, 4) is 0 Å². The summed E-state index contributed by atoms with van der Waals surface area (Å²) in [7, 11) is 0. The maximum atomic E-state index is 4.97. The van der Waals surface area contributed by atoms with E-state index in [1.54, 1.807) is 61.3 Å². The normalized spacial score (nSPS) is 11.2. The lowest BCUT2D eigenvalue weighted by atomic mass is 10.0. The molecular weight excluding hydrogens is 1160 g/mol. The molecule has 0 atom stereocenters. The Balaban J connectivity index is 0.000000260. The lowest BCUT2D eigenvalue weighted by molar-refractivity contribution is 0.489. The SMILES string of the molecule is CC1=CN=C(C)C1.CC1=NN=C(C)C1.Cc1ccc2cc(C)ccc2c1.Cc1cccc2c(C)cccc12.Cc1ccnc(C)n1.Cc1cnc(C)nc1.Cc1cnc(C)o1.Cc1cnc(C)s1.Cc1cncc(C)n1.Cc1nnc(C)o1.Cc1nnc(C)s1. The van der Waals surface area contributed by atoms with E-state index in [2.05, 4.69) is 190 Å². The number of thiazole rings is 1. The fourth-order valence-electron chi connectivity index (χ4n) is 7.78. The minimum absolute atomic E-state index is 0.623. The highest BCUT2D eigenvalue weighted by Crippen LogP contribution is 2.21. The van der Waals surface area contributed by atoms with Crippen molar-refractivity contribution in [2.45, 2.75) is 165 Å². The van der Waals surface area contributed by atoms with Gasteiger partial charge < -0.3 is 8.83 Å². The highest BCUT2D eigenvalue weighted by Gasteiger charge is 2.01. The summed E-state index contributed by atoms with van der Waals surface area (Å²) < 4.78 is 9.83. The summed E-state index contributed by atoms with van der Waals surface area (Å²) in [6.07, 6.45) is 16.4. The van der Waals surface area contributed by atoms with Crippen LogP contribution in [0.5, 0.6) is 0 Å². The second-order valence-corrected chi connectivity index (χ2v) is 24.3. The Morgan fingerprint density at radius 1 is 0.389 bits per heavy atom. The van der Waals surface area contributed by atoms with E-state index in [1.807, 2.05) is 128 Å². The fourth-order valence-corrected chi connectivity index (χ4v) is 9.05. The van der Waals surface area contributed by atoms with Gasteiger partial charge in [0.05, 0.1) is 22.6 Å². The molecule has 474 valence electrons. The van der Waals surface area contributed by atoms with Crippen molar-refractivity contribution in [3.05, 3.63) is 234 Å². The lowest BCUT2D eigenvalue weighted by Crippen LogP contribution is -1.90. The number of hydrogen-bond donors (Lipinski definition) is 0. The van der Waals surface area contributed by atoms with Gasteiger partial charge in [0.2, 0.25) is 11.8 Å². The third-order valence-electron chi connectivity index (χ3n) is 11.9. The minimum atomic E-state index is 0.623. The van der Waals surface area contributed by atoms with Crippen LogP contribution in [0.4, 0.5) is 0 Å². The molecule has 19 heteroatoms. The average Bonchev–Trinajstić information content (AvgIpc) is 2.12. The van der Waals surface area contributed by atoms with Gasteiger partial charge in [0.1, 0.15) is 27.4 Å². The zero-order valence-corrected chi connectivity index (χ0v) is 58.5. The van der Waals surface area contributed by atoms with Crippen molar-refractivity contribution >= 4 is 61.4 Å². The Morgan fingerprint density at radius 2 is 0.922 bits per heavy atom. The van der Waals surface area contributed by atoms with Crippen LogP contribution in [0.15, 0.2) is 158 Å². The van der Waals surface area contributed by atoms with Gasteiger partial charge in [-0.1, -0.05) is 83.9 Å². The van der Waals surface area contributed by atoms with Crippen LogP contribution in [0.2, 0.25) is 0 Å². The lowest BCUT2D eigenvalue weighted by Gasteiger charge is -2.03. The number of allylic oxidation sites excluding steroid dienone is 1. The second-order valence-electron chi connectivity index (χ2n) is 21.5. The van der Waals surface area contributed by atoms with Crippen molar-refractivity contribution in [1.29, 1.82) is 0 Å². The molecule has 0 amide bonds. The molecule has 9 heterocycles. The smallest absolute Gasteiger partial charge is 0.213 e. The molecule has 0 aliphatic carbocycles. The third kappa shape index (κ3) is 32.8. The molecule has 7 aromatic heterocycles. The van der Waals surface area contributed by atoms with E-state index < -0.39 is 0 Å². The molecule has 2 aliphatic heterocycles. The van der Waals surface area contributed by atoms with Crippen LogP contribution in [0, 0.1) is 125 Å². The van der Waals surface area contributed by atoms with Crippen LogP contribution in [-0.4, -0.2) is 77.4 Å². The number of aliphatic imine (C=N–C) groups is 1. The molecule has 4 aromatic carbocycles. The zero-order valence-electron chi connectivity index (χ0n) is 56.9. The number of hydrogen-bond acceptors (Lipinski definition) is 19. The Hall–Kier alpha value is -9.07. The molecule has 0 N–H and O–H groups in total. The first-order valence-electron chi connectivity index (χ1n) is 29.4. The highest BCUT2D eigenvalue weighted by atomic mass is 32.1. The predicted octanol–water partition coefficient (Wildman–Crippen LogP) is 18.1. The van der Waals surface area contributed by atoms with Crippen LogP contribution in [0.3, 0.4) is 0 Å². The third-order valence-corrected chi connectivity index (χ3v) is 13.5. The molecule has 0 spiro atoms. The Labute approximate surface area is 541 Å². The van der Waals surface area contributed by atoms with Gasteiger partial charge in [0.15, 0.2) is 5.89 Å². The van der Waals surface area contributed by atoms with Crippen LogP contribution in [0.1, 0.15) is 140 Å². The number of fused-ring (bicyclic) bond motifs is 2. The monoisotopic (exact) mass is 1250 g/mol. The van der Waals surface area contributed by atoms with Crippen LogP contribution < -0.4 is 0 Å². The van der Waals surface area contributed by atoms with E-state index in [0.717, 1.165) is 85.2 Å². The molecule has 17 nitrogen and oxygen atoms in total. The van der Waals surface area contributed by atoms with Crippen LogP contribution in [0.25, 0.3) is 21.5 Å². The molecule has 13 rings (SSSR count). The van der Waals surface area contributed by atoms with E-state index in [4.69, 9.17) is 8.83 Å². The van der Waals surface area contributed by atoms with E-state index in [-0.39, 0.29) is 0 Å². The number of aryl methyl sites for hydroxylation is 18. The fraction of sp³-hybridized carbons (Fsp3) is 0.338. The summed E-state index contributed by atoms with van der Waals surface area (Å²) in [5.41, 5.74) is 14.3. The van der Waals surface area contributed by atoms with Gasteiger partial charge in [-0.3, -0.25) is 15.0 Å². The molecule has 0 bridgehead atoms. The van der Waals surface area contributed by atoms with Gasteiger partial charge in [-0.15, -0.1) is 43.1 Å². The largest absolute Gasteiger partial charge is 0.446 e. The summed E-state index contributed by atoms with van der Waals surface area (Å²) >= 11 is 3.35. The molecule has 11 aromatic rings. The van der Waals surface area contributed by atoms with Gasteiger partial charge in [-0.05, 0) is 181 Å². The van der Waals surface area contributed by atoms with E-state index >= 15 is 0 Å². The topological polar surface area (TPSA) is 218 Å². The molecule has 0 unspecified atom stereocenters. The first-order valence-corrected chi connectivity index (χ1v) is 31.0. The van der Waals surface area contributed by atoms with Gasteiger partial charge in [0, 0.05) is 105 Å². The Morgan fingerprint density at radius 3 is 1.19 bits per heavy atom. The van der Waals surface area contributed by atoms with Gasteiger partial charge in [0.25, 0.3) is 0 Å². The molecule has 90 heavy (non-hydrogen) atoms. The highest BCUT2D eigenvalue weighted by molar-refractivity contribution is 7.11. The number of benzene rings is 4. The maximum Gasteiger partial charge on any atom is 0.213 e. The minimum Gasteiger partial charge on any atom is -0.446 e. The van der Waals surface area contributed by atoms with E-state index in [1.165, 1.54) is 60.0 Å².